The van der Waals surface area contributed by atoms with E-state index in [1.807, 2.05) is 18.2 Å². The Bertz CT molecular complexity index is 608. The van der Waals surface area contributed by atoms with Gasteiger partial charge in [0.25, 0.3) is 0 Å². The zero-order valence-corrected chi connectivity index (χ0v) is 17.5. The van der Waals surface area contributed by atoms with Crippen LogP contribution in [0.2, 0.25) is 10.0 Å². The van der Waals surface area contributed by atoms with Crippen molar-refractivity contribution >= 4 is 41.5 Å². The van der Waals surface area contributed by atoms with Crippen molar-refractivity contribution in [1.82, 2.24) is 15.5 Å². The maximum atomic E-state index is 12.2. The monoisotopic (exact) mass is 419 g/mol. The van der Waals surface area contributed by atoms with Crippen LogP contribution in [-0.4, -0.2) is 43.0 Å². The highest BCUT2D eigenvalue weighted by Crippen LogP contribution is 2.32. The SMILES string of the molecule is CC(c1ccc(Cl)cc1Cl)N1CCCC(CNC(=O)C2CCCN2)C1.Cl. The van der Waals surface area contributed by atoms with Gasteiger partial charge in [-0.05, 0) is 69.3 Å². The van der Waals surface area contributed by atoms with Crippen molar-refractivity contribution in [2.45, 2.75) is 44.7 Å². The normalized spacial score (nSPS) is 24.7. The van der Waals surface area contributed by atoms with E-state index in [-0.39, 0.29) is 30.4 Å². The highest BCUT2D eigenvalue weighted by Gasteiger charge is 2.27. The lowest BCUT2D eigenvalue weighted by molar-refractivity contribution is -0.123. The van der Waals surface area contributed by atoms with Gasteiger partial charge in [0.05, 0.1) is 6.04 Å². The molecule has 2 N–H and O–H groups in total. The molecule has 0 saturated carbocycles. The predicted molar refractivity (Wildman–Crippen MR) is 110 cm³/mol. The molecule has 146 valence electrons. The maximum absolute atomic E-state index is 12.2. The molecule has 1 aromatic rings. The first kappa shape index (κ1) is 21.8. The van der Waals surface area contributed by atoms with Crippen LogP contribution < -0.4 is 10.6 Å². The van der Waals surface area contributed by atoms with Crippen molar-refractivity contribution in [2.75, 3.05) is 26.2 Å². The second-order valence-corrected chi connectivity index (χ2v) is 8.08. The van der Waals surface area contributed by atoms with Gasteiger partial charge in [0.2, 0.25) is 5.91 Å². The van der Waals surface area contributed by atoms with Crippen molar-refractivity contribution in [1.29, 1.82) is 0 Å². The molecule has 2 fully saturated rings. The average molecular weight is 421 g/mol. The van der Waals surface area contributed by atoms with E-state index in [1.54, 1.807) is 0 Å². The molecule has 2 saturated heterocycles. The number of halogens is 3. The Morgan fingerprint density at radius 1 is 1.35 bits per heavy atom. The maximum Gasteiger partial charge on any atom is 0.237 e. The Hall–Kier alpha value is -0.520. The molecule has 2 aliphatic heterocycles. The van der Waals surface area contributed by atoms with E-state index in [0.29, 0.717) is 10.9 Å². The predicted octanol–water partition coefficient (Wildman–Crippen LogP) is 4.06. The van der Waals surface area contributed by atoms with Crippen LogP contribution in [0.1, 0.15) is 44.2 Å². The van der Waals surface area contributed by atoms with E-state index in [0.717, 1.165) is 62.4 Å². The van der Waals surface area contributed by atoms with Crippen molar-refractivity contribution in [3.63, 3.8) is 0 Å². The van der Waals surface area contributed by atoms with Crippen molar-refractivity contribution in [2.24, 2.45) is 5.92 Å². The first-order valence-corrected chi connectivity index (χ1v) is 10.0. The fraction of sp³-hybridized carbons (Fsp3) is 0.632. The van der Waals surface area contributed by atoms with Crippen LogP contribution in [0.4, 0.5) is 0 Å². The summed E-state index contributed by atoms with van der Waals surface area (Å²) in [5, 5.41) is 7.79. The summed E-state index contributed by atoms with van der Waals surface area (Å²) < 4.78 is 0. The van der Waals surface area contributed by atoms with Crippen LogP contribution in [0.3, 0.4) is 0 Å². The Labute approximate surface area is 172 Å². The minimum atomic E-state index is 0. The van der Waals surface area contributed by atoms with E-state index >= 15 is 0 Å². The summed E-state index contributed by atoms with van der Waals surface area (Å²) in [6, 6.07) is 5.99. The van der Waals surface area contributed by atoms with Crippen molar-refractivity contribution in [3.05, 3.63) is 33.8 Å². The molecule has 2 heterocycles. The van der Waals surface area contributed by atoms with Gasteiger partial charge in [-0.25, -0.2) is 0 Å². The standard InChI is InChI=1S/C19H27Cl2N3O.ClH/c1-13(16-7-6-15(20)10-17(16)21)24-9-3-4-14(12-24)11-23-19(25)18-5-2-8-22-18;/h6-7,10,13-14,18,22H,2-5,8-9,11-12H2,1H3,(H,23,25);1H. The fourth-order valence-electron chi connectivity index (χ4n) is 3.93. The number of amides is 1. The van der Waals surface area contributed by atoms with Gasteiger partial charge < -0.3 is 10.6 Å². The quantitative estimate of drug-likeness (QED) is 0.755. The summed E-state index contributed by atoms with van der Waals surface area (Å²) in [5.74, 6) is 0.649. The second kappa shape index (κ2) is 10.1. The van der Waals surface area contributed by atoms with Gasteiger partial charge in [0.1, 0.15) is 0 Å². The summed E-state index contributed by atoms with van der Waals surface area (Å²) >= 11 is 12.4. The number of hydrogen-bond donors (Lipinski definition) is 2. The molecule has 0 spiro atoms. The van der Waals surface area contributed by atoms with Crippen molar-refractivity contribution < 1.29 is 4.79 Å². The lowest BCUT2D eigenvalue weighted by Crippen LogP contribution is -2.45. The number of nitrogens with one attached hydrogen (secondary N) is 2. The van der Waals surface area contributed by atoms with Crippen LogP contribution in [0.25, 0.3) is 0 Å². The van der Waals surface area contributed by atoms with E-state index in [4.69, 9.17) is 23.2 Å². The van der Waals surface area contributed by atoms with Gasteiger partial charge in [-0.3, -0.25) is 9.69 Å². The lowest BCUT2D eigenvalue weighted by Gasteiger charge is -2.37. The average Bonchev–Trinajstić information content (AvgIpc) is 3.14. The molecule has 0 aromatic heterocycles. The van der Waals surface area contributed by atoms with Gasteiger partial charge >= 0.3 is 0 Å². The first-order valence-electron chi connectivity index (χ1n) is 9.24. The molecule has 2 aliphatic rings. The van der Waals surface area contributed by atoms with Crippen LogP contribution in [0.15, 0.2) is 18.2 Å². The lowest BCUT2D eigenvalue weighted by atomic mass is 9.95. The Balaban J connectivity index is 0.00000243. The van der Waals surface area contributed by atoms with Crippen molar-refractivity contribution in [3.8, 4) is 0 Å². The number of hydrogen-bond acceptors (Lipinski definition) is 3. The van der Waals surface area contributed by atoms with E-state index in [2.05, 4.69) is 22.5 Å². The Kier molecular flexibility index (Phi) is 8.49. The molecular weight excluding hydrogens is 393 g/mol. The highest BCUT2D eigenvalue weighted by atomic mass is 35.5. The van der Waals surface area contributed by atoms with Crippen LogP contribution in [0.5, 0.6) is 0 Å². The second-order valence-electron chi connectivity index (χ2n) is 7.24. The van der Waals surface area contributed by atoms with E-state index in [1.165, 1.54) is 0 Å². The van der Waals surface area contributed by atoms with Gasteiger partial charge in [-0.1, -0.05) is 29.3 Å². The number of carbonyl (C=O) groups is 1. The smallest absolute Gasteiger partial charge is 0.237 e. The van der Waals surface area contributed by atoms with Gasteiger partial charge in [-0.2, -0.15) is 0 Å². The summed E-state index contributed by atoms with van der Waals surface area (Å²) in [4.78, 5) is 14.6. The number of nitrogens with zero attached hydrogens (tertiary/aromatic N) is 1. The number of carbonyl (C=O) groups excluding carboxylic acids is 1. The molecule has 7 heteroatoms. The molecule has 26 heavy (non-hydrogen) atoms. The molecular formula is C19H28Cl3N3O. The summed E-state index contributed by atoms with van der Waals surface area (Å²) in [6.45, 7) is 5.95. The molecule has 4 nitrogen and oxygen atoms in total. The fourth-order valence-corrected chi connectivity index (χ4v) is 4.50. The third kappa shape index (κ3) is 5.49. The van der Waals surface area contributed by atoms with Gasteiger partial charge in [-0.15, -0.1) is 12.4 Å². The van der Waals surface area contributed by atoms with E-state index < -0.39 is 0 Å². The third-order valence-electron chi connectivity index (χ3n) is 5.45. The molecule has 0 radical (unpaired) electrons. The first-order chi connectivity index (χ1) is 12.0. The number of likely N-dealkylation sites (tertiary alicyclic amines) is 1. The van der Waals surface area contributed by atoms with E-state index in [9.17, 15) is 4.79 Å². The van der Waals surface area contributed by atoms with Gasteiger partial charge in [0, 0.05) is 29.2 Å². The number of benzene rings is 1. The van der Waals surface area contributed by atoms with Crippen LogP contribution in [-0.2, 0) is 4.79 Å². The zero-order valence-electron chi connectivity index (χ0n) is 15.1. The van der Waals surface area contributed by atoms with Gasteiger partial charge in [0.15, 0.2) is 0 Å². The highest BCUT2D eigenvalue weighted by molar-refractivity contribution is 6.35. The molecule has 0 bridgehead atoms. The van der Waals surface area contributed by atoms with Crippen LogP contribution in [0, 0.1) is 5.92 Å². The molecule has 1 aromatic carbocycles. The topological polar surface area (TPSA) is 44.4 Å². The minimum Gasteiger partial charge on any atom is -0.354 e. The zero-order chi connectivity index (χ0) is 17.8. The third-order valence-corrected chi connectivity index (χ3v) is 6.01. The summed E-state index contributed by atoms with van der Waals surface area (Å²) in [5.41, 5.74) is 1.12. The Morgan fingerprint density at radius 2 is 2.15 bits per heavy atom. The Morgan fingerprint density at radius 3 is 2.85 bits per heavy atom. The van der Waals surface area contributed by atoms with Crippen LogP contribution >= 0.6 is 35.6 Å². The number of piperidine rings is 1. The summed E-state index contributed by atoms with van der Waals surface area (Å²) in [7, 11) is 0. The molecule has 0 aliphatic carbocycles. The largest absolute Gasteiger partial charge is 0.354 e. The molecule has 1 amide bonds. The summed E-state index contributed by atoms with van der Waals surface area (Å²) in [6.07, 6.45) is 4.36. The molecule has 3 atom stereocenters. The number of rotatable bonds is 5. The molecule has 3 unspecified atom stereocenters. The minimum absolute atomic E-state index is 0. The molecule has 3 rings (SSSR count).